The van der Waals surface area contributed by atoms with Crippen molar-refractivity contribution in [2.75, 3.05) is 19.6 Å². The Bertz CT molecular complexity index is 841. The number of aromatic nitrogens is 1. The maximum Gasteiger partial charge on any atom is 0.256 e. The highest BCUT2D eigenvalue weighted by Crippen LogP contribution is 2.37. The topological polar surface area (TPSA) is 53.5 Å². The minimum Gasteiger partial charge on any atom is -0.336 e. The van der Waals surface area contributed by atoms with Crippen LogP contribution in [0.25, 0.3) is 10.9 Å². The van der Waals surface area contributed by atoms with Crippen LogP contribution in [0.3, 0.4) is 0 Å². The van der Waals surface area contributed by atoms with Crippen LogP contribution in [0.1, 0.15) is 49.4 Å². The number of piperidine rings is 2. The van der Waals surface area contributed by atoms with Crippen molar-refractivity contribution in [3.8, 4) is 0 Å². The minimum absolute atomic E-state index is 0.0300. The zero-order valence-corrected chi connectivity index (χ0v) is 15.3. The molecule has 1 atom stereocenters. The number of likely N-dealkylation sites (N-methyl/N-ethyl adjacent to an activating group) is 1. The molecule has 0 aliphatic carbocycles. The van der Waals surface area contributed by atoms with Crippen molar-refractivity contribution in [2.24, 2.45) is 0 Å². The third kappa shape index (κ3) is 2.75. The number of nitrogens with zero attached hydrogens (tertiary/aromatic N) is 3. The van der Waals surface area contributed by atoms with Gasteiger partial charge in [0, 0.05) is 37.6 Å². The minimum atomic E-state index is -0.185. The van der Waals surface area contributed by atoms with Crippen LogP contribution in [0.5, 0.6) is 0 Å². The number of fused-ring (bicyclic) bond motifs is 1. The van der Waals surface area contributed by atoms with Crippen molar-refractivity contribution in [3.05, 3.63) is 42.1 Å². The molecular weight excluding hydrogens is 326 g/mol. The first kappa shape index (κ1) is 17.0. The molecule has 1 aromatic carbocycles. The van der Waals surface area contributed by atoms with Gasteiger partial charge in [-0.25, -0.2) is 0 Å². The number of benzene rings is 1. The normalized spacial score (nSPS) is 23.7. The molecular formula is C21H25N3O2. The van der Waals surface area contributed by atoms with Gasteiger partial charge in [-0.2, -0.15) is 0 Å². The molecule has 0 radical (unpaired) electrons. The van der Waals surface area contributed by atoms with Crippen molar-refractivity contribution >= 4 is 22.7 Å². The average Bonchev–Trinajstić information content (AvgIpc) is 2.67. The summed E-state index contributed by atoms with van der Waals surface area (Å²) < 4.78 is 0. The maximum absolute atomic E-state index is 13.3. The van der Waals surface area contributed by atoms with Gasteiger partial charge in [0.25, 0.3) is 5.91 Å². The molecule has 0 N–H and O–H groups in total. The van der Waals surface area contributed by atoms with Gasteiger partial charge in [-0.3, -0.25) is 14.6 Å². The van der Waals surface area contributed by atoms with Crippen LogP contribution >= 0.6 is 0 Å². The molecule has 1 spiro atoms. The van der Waals surface area contributed by atoms with Gasteiger partial charge in [-0.05, 0) is 44.7 Å². The largest absolute Gasteiger partial charge is 0.336 e. The van der Waals surface area contributed by atoms with E-state index >= 15 is 0 Å². The summed E-state index contributed by atoms with van der Waals surface area (Å²) in [6.45, 7) is 4.14. The van der Waals surface area contributed by atoms with E-state index < -0.39 is 0 Å². The Morgan fingerprint density at radius 1 is 1.19 bits per heavy atom. The predicted octanol–water partition coefficient (Wildman–Crippen LogP) is 3.24. The number of carbonyl (C=O) groups is 2. The Morgan fingerprint density at radius 2 is 2.00 bits per heavy atom. The number of hydrogen-bond donors (Lipinski definition) is 0. The lowest BCUT2D eigenvalue weighted by atomic mass is 9.79. The number of carbonyl (C=O) groups excluding carboxylic acids is 2. The molecule has 2 amide bonds. The van der Waals surface area contributed by atoms with Crippen LogP contribution < -0.4 is 0 Å². The van der Waals surface area contributed by atoms with Gasteiger partial charge in [0.2, 0.25) is 5.91 Å². The number of para-hydroxylation sites is 1. The standard InChI is InChI=1S/C21H25N3O2/c1-2-24-18(25)10-4-11-21(24)12-6-14-23(15-21)20(26)17-9-3-7-16-8-5-13-22-19(16)17/h3,5,7-9,13H,2,4,6,10-12,14-15H2,1H3. The van der Waals surface area contributed by atoms with Crippen molar-refractivity contribution in [1.29, 1.82) is 0 Å². The van der Waals surface area contributed by atoms with Gasteiger partial charge in [0.1, 0.15) is 0 Å². The van der Waals surface area contributed by atoms with E-state index in [1.54, 1.807) is 6.20 Å². The Hall–Kier alpha value is -2.43. The van der Waals surface area contributed by atoms with Crippen LogP contribution in [0.4, 0.5) is 0 Å². The molecule has 0 saturated carbocycles. The quantitative estimate of drug-likeness (QED) is 0.835. The average molecular weight is 351 g/mol. The van der Waals surface area contributed by atoms with Crippen LogP contribution in [0, 0.1) is 0 Å². The zero-order chi connectivity index (χ0) is 18.1. The van der Waals surface area contributed by atoms with Crippen LogP contribution in [0.15, 0.2) is 36.5 Å². The number of likely N-dealkylation sites (tertiary alicyclic amines) is 2. The van der Waals surface area contributed by atoms with Crippen LogP contribution in [-0.2, 0) is 4.79 Å². The van der Waals surface area contributed by atoms with Gasteiger partial charge >= 0.3 is 0 Å². The molecule has 136 valence electrons. The Kier molecular flexibility index (Phi) is 4.39. The second-order valence-corrected chi connectivity index (χ2v) is 7.43. The maximum atomic E-state index is 13.3. The lowest BCUT2D eigenvalue weighted by Gasteiger charge is -2.52. The smallest absolute Gasteiger partial charge is 0.256 e. The van der Waals surface area contributed by atoms with E-state index in [0.29, 0.717) is 18.5 Å². The highest BCUT2D eigenvalue weighted by molar-refractivity contribution is 6.05. The fraction of sp³-hybridized carbons (Fsp3) is 0.476. The highest BCUT2D eigenvalue weighted by Gasteiger charge is 2.45. The second-order valence-electron chi connectivity index (χ2n) is 7.43. The van der Waals surface area contributed by atoms with Gasteiger partial charge in [-0.15, -0.1) is 0 Å². The first-order valence-electron chi connectivity index (χ1n) is 9.58. The van der Waals surface area contributed by atoms with Gasteiger partial charge in [-0.1, -0.05) is 18.2 Å². The summed E-state index contributed by atoms with van der Waals surface area (Å²) in [5, 5.41) is 0.980. The van der Waals surface area contributed by atoms with Gasteiger partial charge in [0.15, 0.2) is 0 Å². The number of rotatable bonds is 2. The molecule has 1 aromatic heterocycles. The molecule has 5 heteroatoms. The van der Waals surface area contributed by atoms with E-state index in [1.807, 2.05) is 47.1 Å². The van der Waals surface area contributed by atoms with Gasteiger partial charge < -0.3 is 9.80 Å². The Labute approximate surface area is 154 Å². The molecule has 2 saturated heterocycles. The number of amides is 2. The molecule has 3 heterocycles. The van der Waals surface area contributed by atoms with Crippen molar-refractivity contribution in [3.63, 3.8) is 0 Å². The summed E-state index contributed by atoms with van der Waals surface area (Å²) in [5.74, 6) is 0.266. The van der Waals surface area contributed by atoms with Crippen molar-refractivity contribution in [1.82, 2.24) is 14.8 Å². The molecule has 5 nitrogen and oxygen atoms in total. The van der Waals surface area contributed by atoms with Crippen LogP contribution in [-0.4, -0.2) is 51.8 Å². The summed E-state index contributed by atoms with van der Waals surface area (Å²) in [4.78, 5) is 34.1. The third-order valence-electron chi connectivity index (χ3n) is 5.93. The number of hydrogen-bond acceptors (Lipinski definition) is 3. The molecule has 2 aliphatic heterocycles. The molecule has 2 aliphatic rings. The third-order valence-corrected chi connectivity index (χ3v) is 5.93. The van der Waals surface area contributed by atoms with Gasteiger partial charge in [0.05, 0.1) is 16.6 Å². The van der Waals surface area contributed by atoms with Crippen LogP contribution in [0.2, 0.25) is 0 Å². The van der Waals surface area contributed by atoms with E-state index in [4.69, 9.17) is 0 Å². The fourth-order valence-electron chi connectivity index (χ4n) is 4.77. The first-order valence-corrected chi connectivity index (χ1v) is 9.58. The molecule has 1 unspecified atom stereocenters. The van der Waals surface area contributed by atoms with E-state index in [1.165, 1.54) is 0 Å². The molecule has 4 rings (SSSR count). The van der Waals surface area contributed by atoms with E-state index in [9.17, 15) is 9.59 Å². The lowest BCUT2D eigenvalue weighted by Crippen LogP contribution is -2.63. The Morgan fingerprint density at radius 3 is 2.85 bits per heavy atom. The monoisotopic (exact) mass is 351 g/mol. The van der Waals surface area contributed by atoms with E-state index in [0.717, 1.165) is 49.7 Å². The molecule has 0 bridgehead atoms. The summed E-state index contributed by atoms with van der Waals surface area (Å²) in [7, 11) is 0. The molecule has 2 aromatic rings. The second kappa shape index (κ2) is 6.71. The summed E-state index contributed by atoms with van der Waals surface area (Å²) in [6, 6.07) is 9.63. The fourth-order valence-corrected chi connectivity index (χ4v) is 4.77. The summed E-state index contributed by atoms with van der Waals surface area (Å²) in [6.07, 6.45) is 6.21. The number of pyridine rings is 1. The lowest BCUT2D eigenvalue weighted by molar-refractivity contribution is -0.144. The summed E-state index contributed by atoms with van der Waals surface area (Å²) in [5.41, 5.74) is 1.23. The molecule has 2 fully saturated rings. The SMILES string of the molecule is CCN1C(=O)CCCC12CCCN(C(=O)c1cccc3cccnc13)C2. The van der Waals surface area contributed by atoms with E-state index in [-0.39, 0.29) is 17.4 Å². The summed E-state index contributed by atoms with van der Waals surface area (Å²) >= 11 is 0. The van der Waals surface area contributed by atoms with Crippen molar-refractivity contribution < 1.29 is 9.59 Å². The van der Waals surface area contributed by atoms with Crippen molar-refractivity contribution in [2.45, 2.75) is 44.6 Å². The highest BCUT2D eigenvalue weighted by atomic mass is 16.2. The Balaban J connectivity index is 1.65. The zero-order valence-electron chi connectivity index (χ0n) is 15.3. The predicted molar refractivity (Wildman–Crippen MR) is 101 cm³/mol. The van der Waals surface area contributed by atoms with E-state index in [2.05, 4.69) is 4.98 Å². The first-order chi connectivity index (χ1) is 12.6. The molecule has 26 heavy (non-hydrogen) atoms.